The molecule has 1 unspecified atom stereocenters. The van der Waals surface area contributed by atoms with Gasteiger partial charge >= 0.3 is 6.09 Å². The number of aromatic nitrogens is 5. The second-order valence-corrected chi connectivity index (χ2v) is 13.4. The van der Waals surface area contributed by atoms with Crippen molar-refractivity contribution in [2.24, 2.45) is 7.05 Å². The highest BCUT2D eigenvalue weighted by atomic mass is 16.6. The third-order valence-corrected chi connectivity index (χ3v) is 8.49. The number of carbonyl (C=O) groups is 2. The lowest BCUT2D eigenvalue weighted by molar-refractivity contribution is -0.120. The van der Waals surface area contributed by atoms with Gasteiger partial charge in [0.1, 0.15) is 34.5 Å². The van der Waals surface area contributed by atoms with Crippen LogP contribution in [0.15, 0.2) is 83.9 Å². The number of benzene rings is 1. The molecule has 5 heterocycles. The predicted octanol–water partition coefficient (Wildman–Crippen LogP) is 6.22. The number of hydrogen-bond donors (Lipinski definition) is 1. The number of aryl methyl sites for hydroxylation is 2. The molecule has 1 N–H and O–H groups in total. The van der Waals surface area contributed by atoms with Crippen LogP contribution in [-0.4, -0.2) is 66.6 Å². The molecular weight excluding hydrogens is 658 g/mol. The van der Waals surface area contributed by atoms with Crippen LogP contribution in [-0.2, 0) is 16.6 Å². The zero-order valence-corrected chi connectivity index (χ0v) is 30.3. The van der Waals surface area contributed by atoms with Crippen molar-refractivity contribution in [1.82, 2.24) is 28.8 Å². The second-order valence-electron chi connectivity index (χ2n) is 13.4. The molecule has 0 bridgehead atoms. The molecule has 264 valence electrons. The molecule has 0 aliphatic carbocycles. The third kappa shape index (κ3) is 7.20. The highest BCUT2D eigenvalue weighted by Gasteiger charge is 2.28. The van der Waals surface area contributed by atoms with E-state index >= 15 is 0 Å². The van der Waals surface area contributed by atoms with E-state index in [9.17, 15) is 14.4 Å². The van der Waals surface area contributed by atoms with Crippen molar-refractivity contribution in [1.29, 1.82) is 0 Å². The number of fused-ring (bicyclic) bond motifs is 2. The zero-order chi connectivity index (χ0) is 37.3. The van der Waals surface area contributed by atoms with Gasteiger partial charge in [0.2, 0.25) is 11.8 Å². The summed E-state index contributed by atoms with van der Waals surface area (Å²) in [5.74, 6) is 6.67. The molecule has 0 saturated heterocycles. The third-order valence-electron chi connectivity index (χ3n) is 8.49. The number of pyridine rings is 4. The molecule has 5 aromatic heterocycles. The van der Waals surface area contributed by atoms with Crippen molar-refractivity contribution in [2.75, 3.05) is 19.5 Å². The van der Waals surface area contributed by atoms with E-state index in [1.54, 1.807) is 64.7 Å². The number of imidazole rings is 1. The summed E-state index contributed by atoms with van der Waals surface area (Å²) in [6.07, 6.45) is 2.97. The summed E-state index contributed by atoms with van der Waals surface area (Å²) in [7, 11) is 4.79. The molecule has 1 aromatic carbocycles. The summed E-state index contributed by atoms with van der Waals surface area (Å²) in [5, 5.41) is 3.70. The van der Waals surface area contributed by atoms with Crippen molar-refractivity contribution >= 4 is 34.4 Å². The number of anilines is 1. The minimum atomic E-state index is -0.869. The molecule has 0 fully saturated rings. The van der Waals surface area contributed by atoms with E-state index in [2.05, 4.69) is 22.1 Å². The number of hydrogen-bond acceptors (Lipinski definition) is 8. The molecule has 2 amide bonds. The number of likely N-dealkylation sites (N-methyl/N-ethyl adjacent to an activating group) is 1. The van der Waals surface area contributed by atoms with Gasteiger partial charge in [-0.1, -0.05) is 5.92 Å². The molecule has 0 aliphatic heterocycles. The van der Waals surface area contributed by atoms with Crippen LogP contribution in [0.5, 0.6) is 5.88 Å². The van der Waals surface area contributed by atoms with E-state index in [0.29, 0.717) is 45.3 Å². The van der Waals surface area contributed by atoms with E-state index in [1.165, 1.54) is 18.0 Å². The highest BCUT2D eigenvalue weighted by molar-refractivity contribution is 5.96. The maximum absolute atomic E-state index is 13.4. The number of amides is 2. The minimum Gasteiger partial charge on any atom is -0.481 e. The molecule has 6 rings (SSSR count). The Morgan fingerprint density at radius 3 is 2.52 bits per heavy atom. The van der Waals surface area contributed by atoms with Crippen molar-refractivity contribution in [3.05, 3.63) is 106 Å². The van der Waals surface area contributed by atoms with E-state index in [0.717, 1.165) is 16.5 Å². The van der Waals surface area contributed by atoms with E-state index < -0.39 is 23.6 Å². The maximum Gasteiger partial charge on any atom is 0.410 e. The lowest BCUT2D eigenvalue weighted by Crippen LogP contribution is -2.45. The maximum atomic E-state index is 13.4. The molecule has 0 saturated carbocycles. The smallest absolute Gasteiger partial charge is 0.410 e. The Bertz CT molecular complexity index is 2480. The van der Waals surface area contributed by atoms with Gasteiger partial charge in [0.25, 0.3) is 5.56 Å². The normalized spacial score (nSPS) is 11.8. The Morgan fingerprint density at radius 2 is 1.77 bits per heavy atom. The van der Waals surface area contributed by atoms with Gasteiger partial charge in [0.15, 0.2) is 0 Å². The van der Waals surface area contributed by atoms with Gasteiger partial charge in [-0.3, -0.25) is 18.9 Å². The van der Waals surface area contributed by atoms with Gasteiger partial charge in [-0.2, -0.15) is 0 Å². The van der Waals surface area contributed by atoms with Crippen LogP contribution < -0.4 is 15.6 Å². The fourth-order valence-electron chi connectivity index (χ4n) is 5.63. The van der Waals surface area contributed by atoms with Crippen LogP contribution >= 0.6 is 0 Å². The van der Waals surface area contributed by atoms with Gasteiger partial charge in [-0.25, -0.2) is 19.7 Å². The second kappa shape index (κ2) is 14.0. The molecule has 0 radical (unpaired) electrons. The van der Waals surface area contributed by atoms with Crippen LogP contribution in [0, 0.1) is 18.8 Å². The summed E-state index contributed by atoms with van der Waals surface area (Å²) < 4.78 is 14.6. The number of rotatable bonds is 6. The molecule has 12 heteroatoms. The first-order chi connectivity index (χ1) is 24.7. The Morgan fingerprint density at radius 1 is 0.981 bits per heavy atom. The monoisotopic (exact) mass is 697 g/mol. The Kier molecular flexibility index (Phi) is 9.54. The summed E-state index contributed by atoms with van der Waals surface area (Å²) in [4.78, 5) is 53.8. The molecule has 12 nitrogen and oxygen atoms in total. The van der Waals surface area contributed by atoms with Crippen molar-refractivity contribution in [3.8, 4) is 40.2 Å². The van der Waals surface area contributed by atoms with E-state index in [-0.39, 0.29) is 11.4 Å². The first-order valence-corrected chi connectivity index (χ1v) is 16.6. The lowest BCUT2D eigenvalue weighted by Gasteiger charge is -2.28. The lowest BCUT2D eigenvalue weighted by atomic mass is 10.0. The SMILES string of the molecule is COc1ncccc1-c1nc2cc(C)ccn2c1-c1ccc(NC(=O)C(C)N(C)C(=O)OC(C)(C)C)nc1C#Cc1ccc2c(ccc(=O)n2C)c1. The summed E-state index contributed by atoms with van der Waals surface area (Å²) in [6, 6.07) is 19.2. The first kappa shape index (κ1) is 35.3. The van der Waals surface area contributed by atoms with Gasteiger partial charge in [0.05, 0.1) is 23.9 Å². The molecule has 6 aromatic rings. The van der Waals surface area contributed by atoms with Crippen LogP contribution in [0.3, 0.4) is 0 Å². The summed E-state index contributed by atoms with van der Waals surface area (Å²) in [6.45, 7) is 8.89. The largest absolute Gasteiger partial charge is 0.481 e. The minimum absolute atomic E-state index is 0.102. The number of nitrogens with one attached hydrogen (secondary N) is 1. The first-order valence-electron chi connectivity index (χ1n) is 16.6. The Balaban J connectivity index is 1.49. The van der Waals surface area contributed by atoms with Crippen LogP contribution in [0.2, 0.25) is 0 Å². The molecule has 1 atom stereocenters. The molecule has 0 spiro atoms. The number of carbonyl (C=O) groups excluding carboxylic acids is 2. The zero-order valence-electron chi connectivity index (χ0n) is 30.3. The van der Waals surface area contributed by atoms with Crippen molar-refractivity contribution in [3.63, 3.8) is 0 Å². The Labute approximate surface area is 301 Å². The van der Waals surface area contributed by atoms with Gasteiger partial charge in [0, 0.05) is 43.7 Å². The Hall–Kier alpha value is -6.48. The van der Waals surface area contributed by atoms with Crippen LogP contribution in [0.25, 0.3) is 39.1 Å². The average molecular weight is 698 g/mol. The van der Waals surface area contributed by atoms with E-state index in [4.69, 9.17) is 19.4 Å². The van der Waals surface area contributed by atoms with Crippen molar-refractivity contribution in [2.45, 2.75) is 46.3 Å². The van der Waals surface area contributed by atoms with E-state index in [1.807, 2.05) is 66.1 Å². The fraction of sp³-hybridized carbons (Fsp3) is 0.250. The van der Waals surface area contributed by atoms with Gasteiger partial charge < -0.3 is 19.4 Å². The van der Waals surface area contributed by atoms with Gasteiger partial charge in [-0.05, 0) is 112 Å². The quantitative estimate of drug-likeness (QED) is 0.203. The topological polar surface area (TPSA) is 133 Å². The number of methoxy groups -OCH3 is 1. The predicted molar refractivity (Wildman–Crippen MR) is 200 cm³/mol. The molecule has 52 heavy (non-hydrogen) atoms. The average Bonchev–Trinajstić information content (AvgIpc) is 3.48. The number of ether oxygens (including phenoxy) is 2. The summed E-state index contributed by atoms with van der Waals surface area (Å²) in [5.41, 5.74) is 5.37. The highest BCUT2D eigenvalue weighted by Crippen LogP contribution is 2.38. The van der Waals surface area contributed by atoms with Crippen molar-refractivity contribution < 1.29 is 19.1 Å². The molecule has 0 aliphatic rings. The van der Waals surface area contributed by atoms with Gasteiger partial charge in [-0.15, -0.1) is 0 Å². The van der Waals surface area contributed by atoms with Crippen LogP contribution in [0.4, 0.5) is 10.6 Å². The summed E-state index contributed by atoms with van der Waals surface area (Å²) >= 11 is 0. The van der Waals surface area contributed by atoms with Crippen LogP contribution in [0.1, 0.15) is 44.5 Å². The molecular formula is C40H39N7O5. The fourth-order valence-corrected chi connectivity index (χ4v) is 5.63. The standard InChI is InChI=1S/C40H39N7O5/c1-24-19-21-47-33(22-24)44-35(29-10-9-20-41-38(29)51-8)36(47)28-14-17-32(43-37(49)25(2)45(6)39(50)52-40(3,4)5)42-30(28)15-11-26-12-16-31-27(23-26)13-18-34(48)46(31)7/h9-10,12-14,16-23,25H,1-8H3,(H,42,43,49). The number of nitrogens with zero attached hydrogens (tertiary/aromatic N) is 6.